The highest BCUT2D eigenvalue weighted by molar-refractivity contribution is 5.59. The molecule has 0 fully saturated rings. The van der Waals surface area contributed by atoms with Gasteiger partial charge in [-0.3, -0.25) is 0 Å². The smallest absolute Gasteiger partial charge is 0.137 e. The fraction of sp³-hybridized carbons (Fsp3) is 0.182. The van der Waals surface area contributed by atoms with Crippen molar-refractivity contribution in [1.29, 1.82) is 0 Å². The van der Waals surface area contributed by atoms with Crippen LogP contribution in [-0.4, -0.2) is 9.97 Å². The molecule has 0 saturated carbocycles. The number of hydrogen-bond acceptors (Lipinski definition) is 1. The average molecular weight is 172 g/mol. The molecule has 0 atom stereocenters. The fourth-order valence-electron chi connectivity index (χ4n) is 1.47. The molecule has 13 heavy (non-hydrogen) atoms. The minimum Gasteiger partial charge on any atom is -0.345 e. The summed E-state index contributed by atoms with van der Waals surface area (Å²) in [7, 11) is 0. The van der Waals surface area contributed by atoms with Crippen LogP contribution in [-0.2, 0) is 6.42 Å². The first-order valence-electron chi connectivity index (χ1n) is 4.49. The van der Waals surface area contributed by atoms with Crippen molar-refractivity contribution in [3.05, 3.63) is 42.2 Å². The summed E-state index contributed by atoms with van der Waals surface area (Å²) in [4.78, 5) is 7.36. The number of aromatic amines is 1. The Morgan fingerprint density at radius 3 is 2.85 bits per heavy atom. The van der Waals surface area contributed by atoms with Gasteiger partial charge in [-0.05, 0) is 12.0 Å². The minimum absolute atomic E-state index is 0.956. The average Bonchev–Trinajstić information content (AvgIpc) is 2.70. The van der Waals surface area contributed by atoms with E-state index < -0.39 is 0 Å². The van der Waals surface area contributed by atoms with Crippen LogP contribution >= 0.6 is 0 Å². The third kappa shape index (κ3) is 1.47. The molecule has 0 aliphatic carbocycles. The highest BCUT2D eigenvalue weighted by Gasteiger charge is 2.03. The molecule has 1 N–H and O–H groups in total. The van der Waals surface area contributed by atoms with Crippen LogP contribution in [0.15, 0.2) is 36.7 Å². The van der Waals surface area contributed by atoms with Gasteiger partial charge in [0.25, 0.3) is 0 Å². The van der Waals surface area contributed by atoms with E-state index in [0.717, 1.165) is 12.2 Å². The molecule has 66 valence electrons. The lowest BCUT2D eigenvalue weighted by Crippen LogP contribution is -1.88. The molecule has 0 amide bonds. The second-order valence-corrected chi connectivity index (χ2v) is 2.95. The number of hydrogen-bond donors (Lipinski definition) is 1. The molecular formula is C11H12N2. The lowest BCUT2D eigenvalue weighted by atomic mass is 10.1. The number of rotatable bonds is 2. The van der Waals surface area contributed by atoms with Crippen molar-refractivity contribution in [3.63, 3.8) is 0 Å². The third-order valence-corrected chi connectivity index (χ3v) is 2.15. The molecule has 1 heterocycles. The molecule has 2 heteroatoms. The number of nitrogens with one attached hydrogen (secondary N) is 1. The van der Waals surface area contributed by atoms with E-state index >= 15 is 0 Å². The Morgan fingerprint density at radius 1 is 1.31 bits per heavy atom. The maximum absolute atomic E-state index is 4.24. The summed E-state index contributed by atoms with van der Waals surface area (Å²) in [5.41, 5.74) is 2.53. The maximum atomic E-state index is 4.24. The predicted octanol–water partition coefficient (Wildman–Crippen LogP) is 2.64. The van der Waals surface area contributed by atoms with Gasteiger partial charge in [0.15, 0.2) is 0 Å². The summed E-state index contributed by atoms with van der Waals surface area (Å²) < 4.78 is 0. The summed E-state index contributed by atoms with van der Waals surface area (Å²) in [5, 5.41) is 0. The molecule has 0 spiro atoms. The molecule has 0 bridgehead atoms. The van der Waals surface area contributed by atoms with Gasteiger partial charge in [-0.25, -0.2) is 4.98 Å². The number of nitrogens with zero attached hydrogens (tertiary/aromatic N) is 1. The molecule has 1 aromatic heterocycles. The predicted molar refractivity (Wildman–Crippen MR) is 53.4 cm³/mol. The summed E-state index contributed by atoms with van der Waals surface area (Å²) in [5.74, 6) is 0.956. The van der Waals surface area contributed by atoms with Crippen LogP contribution in [0.5, 0.6) is 0 Å². The first-order valence-corrected chi connectivity index (χ1v) is 4.49. The Kier molecular flexibility index (Phi) is 2.13. The number of aryl methyl sites for hydroxylation is 1. The summed E-state index contributed by atoms with van der Waals surface area (Å²) in [6.45, 7) is 2.15. The first-order chi connectivity index (χ1) is 6.42. The Bertz CT molecular complexity index is 377. The van der Waals surface area contributed by atoms with Gasteiger partial charge in [0.05, 0.1) is 0 Å². The van der Waals surface area contributed by atoms with Crippen molar-refractivity contribution in [2.24, 2.45) is 0 Å². The van der Waals surface area contributed by atoms with Crippen molar-refractivity contribution in [3.8, 4) is 11.4 Å². The molecule has 0 aliphatic heterocycles. The SMILES string of the molecule is CCc1ccccc1-c1ncc[nH]1. The van der Waals surface area contributed by atoms with Crippen molar-refractivity contribution >= 4 is 0 Å². The Morgan fingerprint density at radius 2 is 2.15 bits per heavy atom. The minimum atomic E-state index is 0.956. The van der Waals surface area contributed by atoms with Gasteiger partial charge in [-0.1, -0.05) is 31.2 Å². The third-order valence-electron chi connectivity index (χ3n) is 2.15. The number of aromatic nitrogens is 2. The first kappa shape index (κ1) is 8.05. The number of H-pyrrole nitrogens is 1. The molecule has 0 radical (unpaired) electrons. The standard InChI is InChI=1S/C11H12N2/c1-2-9-5-3-4-6-10(9)11-12-7-8-13-11/h3-8H,2H2,1H3,(H,12,13). The Labute approximate surface area is 77.6 Å². The molecule has 2 aromatic rings. The molecular weight excluding hydrogens is 160 g/mol. The van der Waals surface area contributed by atoms with E-state index in [1.807, 2.05) is 12.3 Å². The lowest BCUT2D eigenvalue weighted by Gasteiger charge is -2.03. The Hall–Kier alpha value is -1.57. The normalized spacial score (nSPS) is 10.2. The van der Waals surface area contributed by atoms with Gasteiger partial charge < -0.3 is 4.98 Å². The van der Waals surface area contributed by atoms with Gasteiger partial charge in [0.1, 0.15) is 5.82 Å². The monoisotopic (exact) mass is 172 g/mol. The molecule has 0 unspecified atom stereocenters. The highest BCUT2D eigenvalue weighted by Crippen LogP contribution is 2.19. The van der Waals surface area contributed by atoms with Crippen LogP contribution in [0.25, 0.3) is 11.4 Å². The van der Waals surface area contributed by atoms with E-state index in [1.54, 1.807) is 6.20 Å². The Balaban J connectivity index is 2.51. The molecule has 0 saturated heterocycles. The second-order valence-electron chi connectivity index (χ2n) is 2.95. The van der Waals surface area contributed by atoms with Crippen LogP contribution in [0.4, 0.5) is 0 Å². The maximum Gasteiger partial charge on any atom is 0.137 e. The number of imidazole rings is 1. The van der Waals surface area contributed by atoms with Crippen LogP contribution < -0.4 is 0 Å². The van der Waals surface area contributed by atoms with Gasteiger partial charge >= 0.3 is 0 Å². The van der Waals surface area contributed by atoms with Crippen molar-refractivity contribution in [2.45, 2.75) is 13.3 Å². The van der Waals surface area contributed by atoms with Crippen LogP contribution in [0.3, 0.4) is 0 Å². The number of benzene rings is 1. The molecule has 1 aromatic carbocycles. The van der Waals surface area contributed by atoms with Crippen LogP contribution in [0.1, 0.15) is 12.5 Å². The highest BCUT2D eigenvalue weighted by atomic mass is 14.9. The summed E-state index contributed by atoms with van der Waals surface area (Å²) >= 11 is 0. The van der Waals surface area contributed by atoms with Crippen LogP contribution in [0.2, 0.25) is 0 Å². The molecule has 0 aliphatic rings. The van der Waals surface area contributed by atoms with Gasteiger partial charge in [-0.15, -0.1) is 0 Å². The van der Waals surface area contributed by atoms with E-state index in [0.29, 0.717) is 0 Å². The summed E-state index contributed by atoms with van der Waals surface area (Å²) in [6, 6.07) is 8.33. The molecule has 2 rings (SSSR count). The zero-order chi connectivity index (χ0) is 9.10. The van der Waals surface area contributed by atoms with E-state index in [2.05, 4.69) is 35.1 Å². The van der Waals surface area contributed by atoms with Crippen molar-refractivity contribution < 1.29 is 0 Å². The van der Waals surface area contributed by atoms with Crippen LogP contribution in [0, 0.1) is 0 Å². The zero-order valence-electron chi connectivity index (χ0n) is 7.62. The van der Waals surface area contributed by atoms with Gasteiger partial charge in [0, 0.05) is 18.0 Å². The second kappa shape index (κ2) is 3.44. The van der Waals surface area contributed by atoms with E-state index in [-0.39, 0.29) is 0 Å². The van der Waals surface area contributed by atoms with Crippen molar-refractivity contribution in [2.75, 3.05) is 0 Å². The van der Waals surface area contributed by atoms with E-state index in [9.17, 15) is 0 Å². The van der Waals surface area contributed by atoms with E-state index in [1.165, 1.54) is 11.1 Å². The fourth-order valence-corrected chi connectivity index (χ4v) is 1.47. The zero-order valence-corrected chi connectivity index (χ0v) is 7.62. The van der Waals surface area contributed by atoms with Crippen molar-refractivity contribution in [1.82, 2.24) is 9.97 Å². The van der Waals surface area contributed by atoms with Gasteiger partial charge in [-0.2, -0.15) is 0 Å². The van der Waals surface area contributed by atoms with E-state index in [4.69, 9.17) is 0 Å². The largest absolute Gasteiger partial charge is 0.345 e. The summed E-state index contributed by atoms with van der Waals surface area (Å²) in [6.07, 6.45) is 4.67. The quantitative estimate of drug-likeness (QED) is 0.741. The lowest BCUT2D eigenvalue weighted by molar-refractivity contribution is 1.13. The molecule has 2 nitrogen and oxygen atoms in total. The topological polar surface area (TPSA) is 28.7 Å². The van der Waals surface area contributed by atoms with Gasteiger partial charge in [0.2, 0.25) is 0 Å².